The summed E-state index contributed by atoms with van der Waals surface area (Å²) in [6.07, 6.45) is 0. The fourth-order valence-corrected chi connectivity index (χ4v) is 2.99. The second kappa shape index (κ2) is 4.13. The van der Waals surface area contributed by atoms with Crippen LogP contribution < -0.4 is 4.24 Å². The molecule has 0 heterocycles. The molecular weight excluding hydrogens is 223 g/mol. The Hall–Kier alpha value is -1.74. The van der Waals surface area contributed by atoms with Crippen molar-refractivity contribution in [2.75, 3.05) is 0 Å². The average molecular weight is 234 g/mol. The molecule has 4 aromatic rings. The molecule has 4 aromatic carbocycles. The Morgan fingerprint density at radius 1 is 0.579 bits per heavy atom. The first-order chi connectivity index (χ1) is 9.33. The maximum atomic E-state index is 2.32. The van der Waals surface area contributed by atoms with Gasteiger partial charge in [0.05, 0.1) is 0 Å². The minimum absolute atomic E-state index is 1.31. The maximum absolute atomic E-state index is 2.32. The van der Waals surface area contributed by atoms with Crippen LogP contribution in [-0.2, 0) is 0 Å². The summed E-state index contributed by atoms with van der Waals surface area (Å²) in [5, 5.41) is 8.00. The van der Waals surface area contributed by atoms with Gasteiger partial charge in [-0.15, -0.1) is 0 Å². The van der Waals surface area contributed by atoms with Crippen LogP contribution in [0.4, 0.5) is 0 Å². The summed E-state index contributed by atoms with van der Waals surface area (Å²) in [5.41, 5.74) is 0. The minimum atomic E-state index is 1.31. The van der Waals surface area contributed by atoms with Crippen LogP contribution >= 0.6 is 0 Å². The van der Waals surface area contributed by atoms with Gasteiger partial charge in [0.2, 0.25) is 0 Å². The topological polar surface area (TPSA) is 0 Å². The molecule has 0 radical (unpaired) electrons. The summed E-state index contributed by atoms with van der Waals surface area (Å²) in [5.74, 6) is 0. The first kappa shape index (κ1) is 11.1. The van der Waals surface area contributed by atoms with Gasteiger partial charge >= 0.3 is 121 Å². The predicted molar refractivity (Wildman–Crippen MR) is 84.3 cm³/mol. The third kappa shape index (κ3) is 1.69. The Bertz CT molecular complexity index is 922. The second-order valence-corrected chi connectivity index (χ2v) is 5.16. The van der Waals surface area contributed by atoms with Crippen molar-refractivity contribution in [3.63, 3.8) is 0 Å². The first-order valence-electron chi connectivity index (χ1n) is 6.64. The van der Waals surface area contributed by atoms with Crippen LogP contribution in [0.3, 0.4) is 0 Å². The van der Waals surface area contributed by atoms with Gasteiger partial charge in [0.25, 0.3) is 0 Å². The predicted octanol–water partition coefficient (Wildman–Crippen LogP) is 3.94. The monoisotopic (exact) mass is 234 g/mol. The number of fused-ring (bicyclic) bond motifs is 4. The Morgan fingerprint density at radius 3 is 2.11 bits per heavy atom. The molecule has 0 aromatic heterocycles. The number of hydrogen-bond acceptors (Lipinski definition) is 0. The van der Waals surface area contributed by atoms with E-state index in [2.05, 4.69) is 84.4 Å². The van der Waals surface area contributed by atoms with Crippen LogP contribution in [0.25, 0.3) is 32.3 Å². The van der Waals surface area contributed by atoms with Gasteiger partial charge in [0.15, 0.2) is 0 Å². The molecule has 0 saturated heterocycles. The first-order valence-corrected chi connectivity index (χ1v) is 6.64. The fraction of sp³-hybridized carbons (Fsp3) is 0. The van der Waals surface area contributed by atoms with Crippen molar-refractivity contribution in [1.82, 2.24) is 0 Å². The molecule has 0 aliphatic rings. The standard InChI is InChI=1S/C18H11.Li/c1-2-7-15-12-18-16(11-14(15)6-1)10-9-13-5-3-4-8-17(13)18;/h1-7,9-12H;. The van der Waals surface area contributed by atoms with Crippen LogP contribution in [-0.4, -0.2) is 17.7 Å². The molecule has 0 spiro atoms. The van der Waals surface area contributed by atoms with Gasteiger partial charge in [-0.1, -0.05) is 0 Å². The Morgan fingerprint density at radius 2 is 1.26 bits per heavy atom. The van der Waals surface area contributed by atoms with Crippen molar-refractivity contribution in [2.24, 2.45) is 0 Å². The molecule has 0 N–H and O–H groups in total. The van der Waals surface area contributed by atoms with Crippen molar-refractivity contribution in [1.29, 1.82) is 0 Å². The van der Waals surface area contributed by atoms with E-state index in [1.54, 1.807) is 0 Å². The van der Waals surface area contributed by atoms with Crippen LogP contribution in [0, 0.1) is 0 Å². The second-order valence-electron chi connectivity index (χ2n) is 5.16. The molecule has 0 saturated carbocycles. The van der Waals surface area contributed by atoms with Crippen LogP contribution in [0.5, 0.6) is 0 Å². The van der Waals surface area contributed by atoms with E-state index in [9.17, 15) is 0 Å². The SMILES string of the molecule is [Li][c]1cccc2ccc3cc4ccccc4cc3c12. The van der Waals surface area contributed by atoms with Crippen molar-refractivity contribution in [3.05, 3.63) is 66.7 Å². The number of rotatable bonds is 0. The molecule has 4 rings (SSSR count). The van der Waals surface area contributed by atoms with Gasteiger partial charge in [-0.3, -0.25) is 0 Å². The molecule has 0 nitrogen and oxygen atoms in total. The van der Waals surface area contributed by atoms with E-state index < -0.39 is 0 Å². The van der Waals surface area contributed by atoms with Gasteiger partial charge in [-0.25, -0.2) is 0 Å². The third-order valence-corrected chi connectivity index (χ3v) is 3.93. The van der Waals surface area contributed by atoms with Crippen molar-refractivity contribution >= 4 is 54.3 Å². The van der Waals surface area contributed by atoms with Gasteiger partial charge in [-0.05, 0) is 0 Å². The zero-order valence-electron chi connectivity index (χ0n) is 10.9. The summed E-state index contributed by atoms with van der Waals surface area (Å²) in [6, 6.07) is 24.1. The molecule has 0 bridgehead atoms. The van der Waals surface area contributed by atoms with Gasteiger partial charge < -0.3 is 0 Å². The molecule has 0 unspecified atom stereocenters. The van der Waals surface area contributed by atoms with E-state index in [4.69, 9.17) is 0 Å². The van der Waals surface area contributed by atoms with E-state index in [1.165, 1.54) is 36.6 Å². The van der Waals surface area contributed by atoms with Crippen molar-refractivity contribution in [2.45, 2.75) is 0 Å². The zero-order chi connectivity index (χ0) is 12.8. The number of benzene rings is 4. The summed E-state index contributed by atoms with van der Waals surface area (Å²) in [7, 11) is 0. The van der Waals surface area contributed by atoms with Crippen molar-refractivity contribution < 1.29 is 0 Å². The third-order valence-electron chi connectivity index (χ3n) is 3.93. The van der Waals surface area contributed by atoms with Gasteiger partial charge in [0.1, 0.15) is 0 Å². The Labute approximate surface area is 121 Å². The Balaban J connectivity index is 2.29. The quantitative estimate of drug-likeness (QED) is 0.245. The van der Waals surface area contributed by atoms with Crippen LogP contribution in [0.1, 0.15) is 0 Å². The van der Waals surface area contributed by atoms with E-state index >= 15 is 0 Å². The molecule has 0 amide bonds. The average Bonchev–Trinajstić information content (AvgIpc) is 2.45. The number of hydrogen-bond donors (Lipinski definition) is 0. The van der Waals surface area contributed by atoms with Gasteiger partial charge in [-0.2, -0.15) is 0 Å². The molecule has 1 heteroatoms. The Kier molecular flexibility index (Phi) is 2.42. The molecule has 0 aliphatic carbocycles. The zero-order valence-corrected chi connectivity index (χ0v) is 10.9. The molecule has 0 aliphatic heterocycles. The molecule has 0 atom stereocenters. The van der Waals surface area contributed by atoms with E-state index in [0.717, 1.165) is 0 Å². The summed E-state index contributed by atoms with van der Waals surface area (Å²) < 4.78 is 1.35. The summed E-state index contributed by atoms with van der Waals surface area (Å²) in [4.78, 5) is 0. The normalized spacial score (nSPS) is 11.5. The van der Waals surface area contributed by atoms with Crippen LogP contribution in [0.15, 0.2) is 66.7 Å². The van der Waals surface area contributed by atoms with Gasteiger partial charge in [0, 0.05) is 0 Å². The fourth-order valence-electron chi connectivity index (χ4n) is 2.99. The van der Waals surface area contributed by atoms with E-state index in [0.29, 0.717) is 0 Å². The van der Waals surface area contributed by atoms with E-state index in [1.807, 2.05) is 0 Å². The summed E-state index contributed by atoms with van der Waals surface area (Å²) >= 11 is 2.19. The molecule has 0 fully saturated rings. The summed E-state index contributed by atoms with van der Waals surface area (Å²) in [6.45, 7) is 0. The molecule has 19 heavy (non-hydrogen) atoms. The van der Waals surface area contributed by atoms with Crippen LogP contribution in [0.2, 0.25) is 0 Å². The van der Waals surface area contributed by atoms with E-state index in [-0.39, 0.29) is 0 Å². The molecular formula is C18H11Li. The molecule has 84 valence electrons. The van der Waals surface area contributed by atoms with Crippen molar-refractivity contribution in [3.8, 4) is 0 Å².